The Bertz CT molecular complexity index is 1040. The first-order valence-electron chi connectivity index (χ1n) is 9.87. The van der Waals surface area contributed by atoms with Crippen LogP contribution in [0.2, 0.25) is 0 Å². The third-order valence-corrected chi connectivity index (χ3v) is 5.54. The molecule has 1 saturated heterocycles. The number of nitrogens with zero attached hydrogens (tertiary/aromatic N) is 3. The average Bonchev–Trinajstić information content (AvgIpc) is 2.75. The number of rotatable bonds is 3. The summed E-state index contributed by atoms with van der Waals surface area (Å²) in [6.45, 7) is 6.81. The number of fused-ring (bicyclic) bond motifs is 1. The first kappa shape index (κ1) is 19.1. The molecule has 6 heteroatoms. The van der Waals surface area contributed by atoms with Crippen LogP contribution in [0.3, 0.4) is 0 Å². The molecule has 4 rings (SSSR count). The third kappa shape index (κ3) is 3.83. The van der Waals surface area contributed by atoms with E-state index in [-0.39, 0.29) is 6.03 Å². The minimum atomic E-state index is -0.120. The summed E-state index contributed by atoms with van der Waals surface area (Å²) in [5, 5.41) is 5.45. The molecule has 150 valence electrons. The number of piperazine rings is 1. The summed E-state index contributed by atoms with van der Waals surface area (Å²) in [5.74, 6) is 0.441. The number of amides is 2. The van der Waals surface area contributed by atoms with Crippen molar-refractivity contribution in [2.45, 2.75) is 13.8 Å². The molecule has 1 aromatic heterocycles. The number of hydrogen-bond donors (Lipinski definition) is 1. The molecule has 2 heterocycles. The molecule has 1 N–H and O–H groups in total. The number of methoxy groups -OCH3 is 1. The van der Waals surface area contributed by atoms with Gasteiger partial charge in [-0.3, -0.25) is 0 Å². The maximum absolute atomic E-state index is 12.8. The quantitative estimate of drug-likeness (QED) is 0.728. The zero-order valence-corrected chi connectivity index (χ0v) is 17.1. The van der Waals surface area contributed by atoms with E-state index in [1.807, 2.05) is 24.8 Å². The summed E-state index contributed by atoms with van der Waals surface area (Å²) in [5.41, 5.74) is 3.74. The van der Waals surface area contributed by atoms with Crippen molar-refractivity contribution in [2.24, 2.45) is 0 Å². The molecule has 1 aliphatic heterocycles. The molecule has 0 unspecified atom stereocenters. The number of nitrogens with one attached hydrogen (secondary N) is 1. The first-order valence-corrected chi connectivity index (χ1v) is 9.87. The highest BCUT2D eigenvalue weighted by Gasteiger charge is 2.23. The molecule has 0 aliphatic carbocycles. The van der Waals surface area contributed by atoms with Gasteiger partial charge in [-0.2, -0.15) is 0 Å². The highest BCUT2D eigenvalue weighted by atomic mass is 16.5. The second kappa shape index (κ2) is 7.99. The van der Waals surface area contributed by atoms with Crippen molar-refractivity contribution >= 4 is 28.2 Å². The van der Waals surface area contributed by atoms with Crippen LogP contribution >= 0.6 is 0 Å². The average molecular weight is 390 g/mol. The Kier molecular flexibility index (Phi) is 5.25. The monoisotopic (exact) mass is 390 g/mol. The van der Waals surface area contributed by atoms with Gasteiger partial charge in [-0.25, -0.2) is 9.78 Å². The number of carbonyl (C=O) groups excluding carboxylic acids is 1. The minimum absolute atomic E-state index is 0.120. The molecule has 3 aromatic rings. The van der Waals surface area contributed by atoms with Gasteiger partial charge in [-0.15, -0.1) is 0 Å². The number of ether oxygens (including phenoxy) is 1. The van der Waals surface area contributed by atoms with Gasteiger partial charge in [0.25, 0.3) is 0 Å². The summed E-state index contributed by atoms with van der Waals surface area (Å²) in [4.78, 5) is 21.4. The van der Waals surface area contributed by atoms with E-state index in [0.29, 0.717) is 24.7 Å². The normalized spacial score (nSPS) is 14.2. The lowest BCUT2D eigenvalue weighted by atomic mass is 10.1. The van der Waals surface area contributed by atoms with Crippen LogP contribution in [0.5, 0.6) is 5.88 Å². The summed E-state index contributed by atoms with van der Waals surface area (Å²) >= 11 is 0. The lowest BCUT2D eigenvalue weighted by Gasteiger charge is -2.36. The zero-order valence-electron chi connectivity index (χ0n) is 17.1. The predicted octanol–water partition coefficient (Wildman–Crippen LogP) is 4.21. The summed E-state index contributed by atoms with van der Waals surface area (Å²) in [6, 6.07) is 16.6. The fraction of sp³-hybridized carbons (Fsp3) is 0.304. The van der Waals surface area contributed by atoms with Crippen LogP contribution in [0.4, 0.5) is 16.2 Å². The lowest BCUT2D eigenvalue weighted by Crippen LogP contribution is -2.50. The Hall–Kier alpha value is -3.28. The highest BCUT2D eigenvalue weighted by Crippen LogP contribution is 2.28. The van der Waals surface area contributed by atoms with Crippen LogP contribution in [-0.4, -0.2) is 49.2 Å². The maximum atomic E-state index is 12.8. The van der Waals surface area contributed by atoms with Crippen molar-refractivity contribution < 1.29 is 9.53 Å². The topological polar surface area (TPSA) is 57.7 Å². The number of aromatic nitrogens is 1. The van der Waals surface area contributed by atoms with Gasteiger partial charge < -0.3 is 19.9 Å². The Morgan fingerprint density at radius 3 is 2.52 bits per heavy atom. The lowest BCUT2D eigenvalue weighted by molar-refractivity contribution is 0.208. The van der Waals surface area contributed by atoms with Crippen LogP contribution < -0.4 is 15.0 Å². The van der Waals surface area contributed by atoms with E-state index >= 15 is 0 Å². The van der Waals surface area contributed by atoms with Crippen LogP contribution in [0.1, 0.15) is 11.3 Å². The minimum Gasteiger partial charge on any atom is -0.480 e. The molecular weight excluding hydrogens is 364 g/mol. The van der Waals surface area contributed by atoms with Crippen LogP contribution in [0.25, 0.3) is 10.8 Å². The van der Waals surface area contributed by atoms with Crippen molar-refractivity contribution in [1.82, 2.24) is 9.88 Å². The molecule has 0 bridgehead atoms. The number of carbonyl (C=O) groups is 1. The smallest absolute Gasteiger partial charge is 0.322 e. The number of anilines is 2. The van der Waals surface area contributed by atoms with Gasteiger partial charge in [-0.05, 0) is 36.9 Å². The summed E-state index contributed by atoms with van der Waals surface area (Å²) in [7, 11) is 1.57. The van der Waals surface area contributed by atoms with Gasteiger partial charge in [0, 0.05) is 42.9 Å². The number of urea groups is 1. The van der Waals surface area contributed by atoms with Gasteiger partial charge in [-0.1, -0.05) is 36.4 Å². The van der Waals surface area contributed by atoms with E-state index in [1.165, 1.54) is 16.5 Å². The summed E-state index contributed by atoms with van der Waals surface area (Å²) < 4.78 is 5.33. The fourth-order valence-electron chi connectivity index (χ4n) is 3.76. The van der Waals surface area contributed by atoms with E-state index in [1.54, 1.807) is 7.11 Å². The second-order valence-electron chi connectivity index (χ2n) is 7.35. The Morgan fingerprint density at radius 2 is 1.76 bits per heavy atom. The van der Waals surface area contributed by atoms with E-state index in [2.05, 4.69) is 57.7 Å². The van der Waals surface area contributed by atoms with Crippen molar-refractivity contribution in [3.8, 4) is 5.88 Å². The fourth-order valence-corrected chi connectivity index (χ4v) is 3.76. The van der Waals surface area contributed by atoms with Crippen molar-refractivity contribution in [2.75, 3.05) is 43.5 Å². The molecule has 0 spiro atoms. The van der Waals surface area contributed by atoms with Crippen molar-refractivity contribution in [3.63, 3.8) is 0 Å². The standard InChI is InChI=1S/C23H26N4O2/c1-16-15-20(22(29-3)24-17(16)2)25-23(28)27-13-11-26(12-14-27)21-10-6-8-18-7-4-5-9-19(18)21/h4-10,15H,11-14H2,1-3H3,(H,25,28). The molecule has 6 nitrogen and oxygen atoms in total. The largest absolute Gasteiger partial charge is 0.480 e. The second-order valence-corrected chi connectivity index (χ2v) is 7.35. The third-order valence-electron chi connectivity index (χ3n) is 5.54. The molecule has 0 atom stereocenters. The van der Waals surface area contributed by atoms with Crippen LogP contribution in [-0.2, 0) is 0 Å². The van der Waals surface area contributed by atoms with Crippen molar-refractivity contribution in [3.05, 3.63) is 59.8 Å². The number of pyridine rings is 1. The van der Waals surface area contributed by atoms with Gasteiger partial charge in [0.05, 0.1) is 7.11 Å². The van der Waals surface area contributed by atoms with E-state index in [9.17, 15) is 4.79 Å². The molecule has 29 heavy (non-hydrogen) atoms. The first-order chi connectivity index (χ1) is 14.1. The molecule has 1 aliphatic rings. The van der Waals surface area contributed by atoms with Gasteiger partial charge in [0.15, 0.2) is 0 Å². The molecule has 2 aromatic carbocycles. The SMILES string of the molecule is COc1nc(C)c(C)cc1NC(=O)N1CCN(c2cccc3ccccc23)CC1. The Labute approximate surface area is 171 Å². The molecule has 0 radical (unpaired) electrons. The predicted molar refractivity (Wildman–Crippen MR) is 117 cm³/mol. The maximum Gasteiger partial charge on any atom is 0.322 e. The van der Waals surface area contributed by atoms with Gasteiger partial charge in [0.2, 0.25) is 5.88 Å². The number of benzene rings is 2. The van der Waals surface area contributed by atoms with E-state index in [0.717, 1.165) is 24.3 Å². The van der Waals surface area contributed by atoms with E-state index in [4.69, 9.17) is 4.74 Å². The number of aryl methyl sites for hydroxylation is 2. The van der Waals surface area contributed by atoms with Gasteiger partial charge >= 0.3 is 6.03 Å². The number of hydrogen-bond acceptors (Lipinski definition) is 4. The van der Waals surface area contributed by atoms with Crippen molar-refractivity contribution in [1.29, 1.82) is 0 Å². The Balaban J connectivity index is 1.45. The molecule has 1 fully saturated rings. The molecule has 0 saturated carbocycles. The molecular formula is C23H26N4O2. The van der Waals surface area contributed by atoms with Crippen LogP contribution in [0.15, 0.2) is 48.5 Å². The molecule has 2 amide bonds. The Morgan fingerprint density at radius 1 is 1.03 bits per heavy atom. The zero-order chi connectivity index (χ0) is 20.4. The van der Waals surface area contributed by atoms with Gasteiger partial charge in [0.1, 0.15) is 5.69 Å². The highest BCUT2D eigenvalue weighted by molar-refractivity contribution is 5.94. The summed E-state index contributed by atoms with van der Waals surface area (Å²) in [6.07, 6.45) is 0. The van der Waals surface area contributed by atoms with E-state index < -0.39 is 0 Å². The van der Waals surface area contributed by atoms with Crippen LogP contribution in [0, 0.1) is 13.8 Å².